The fourth-order valence-corrected chi connectivity index (χ4v) is 4.21. The number of anilines is 2. The quantitative estimate of drug-likeness (QED) is 0.561. The van der Waals surface area contributed by atoms with Crippen molar-refractivity contribution in [2.24, 2.45) is 0 Å². The van der Waals surface area contributed by atoms with E-state index in [2.05, 4.69) is 5.32 Å². The first kappa shape index (κ1) is 19.0. The molecular formula is C21H16Cl2N2O2S. The second-order valence-corrected chi connectivity index (χ2v) is 8.23. The van der Waals surface area contributed by atoms with Crippen LogP contribution in [0.2, 0.25) is 10.0 Å². The first-order valence-electron chi connectivity index (χ1n) is 8.77. The third-order valence-electron chi connectivity index (χ3n) is 4.62. The molecule has 4 nitrogen and oxygen atoms in total. The van der Waals surface area contributed by atoms with Crippen molar-refractivity contribution in [1.29, 1.82) is 0 Å². The number of carbonyl (C=O) groups is 2. The number of amides is 2. The molecule has 3 aromatic rings. The molecule has 0 spiro atoms. The highest BCUT2D eigenvalue weighted by atomic mass is 35.5. The van der Waals surface area contributed by atoms with Crippen molar-refractivity contribution in [3.8, 4) is 0 Å². The zero-order chi connectivity index (χ0) is 19.7. The summed E-state index contributed by atoms with van der Waals surface area (Å²) in [6.07, 6.45) is 1.82. The van der Waals surface area contributed by atoms with Crippen LogP contribution in [0.15, 0.2) is 53.9 Å². The van der Waals surface area contributed by atoms with Gasteiger partial charge in [-0.2, -0.15) is 0 Å². The lowest BCUT2D eigenvalue weighted by Gasteiger charge is -2.29. The van der Waals surface area contributed by atoms with Crippen LogP contribution >= 0.6 is 34.5 Å². The van der Waals surface area contributed by atoms with Crippen LogP contribution in [0, 0.1) is 0 Å². The molecule has 2 aromatic carbocycles. The van der Waals surface area contributed by atoms with Gasteiger partial charge in [0.25, 0.3) is 11.8 Å². The standard InChI is InChI=1S/C21H16Cl2N2O2S/c22-16-8-6-14(11-17(16)23)20(26)24-15-7-5-13-3-1-9-25(18(13)12-15)21(27)19-4-2-10-28-19/h2,4-8,10-12H,1,3,9H2,(H,24,26). The third kappa shape index (κ3) is 3.78. The molecule has 0 saturated heterocycles. The van der Waals surface area contributed by atoms with Gasteiger partial charge in [-0.05, 0) is 60.2 Å². The molecule has 1 aliphatic rings. The topological polar surface area (TPSA) is 49.4 Å². The Kier molecular flexibility index (Phi) is 5.40. The molecule has 0 unspecified atom stereocenters. The van der Waals surface area contributed by atoms with Gasteiger partial charge in [0, 0.05) is 23.5 Å². The van der Waals surface area contributed by atoms with E-state index in [1.807, 2.05) is 35.7 Å². The molecule has 7 heteroatoms. The van der Waals surface area contributed by atoms with Crippen LogP contribution in [0.3, 0.4) is 0 Å². The average Bonchev–Trinajstić information content (AvgIpc) is 3.24. The Hall–Kier alpha value is -2.34. The van der Waals surface area contributed by atoms with Gasteiger partial charge in [0.05, 0.1) is 14.9 Å². The fourth-order valence-electron chi connectivity index (χ4n) is 3.24. The average molecular weight is 431 g/mol. The van der Waals surface area contributed by atoms with Crippen LogP contribution < -0.4 is 10.2 Å². The molecule has 4 rings (SSSR count). The maximum atomic E-state index is 12.9. The second kappa shape index (κ2) is 7.95. The Morgan fingerprint density at radius 3 is 2.64 bits per heavy atom. The van der Waals surface area contributed by atoms with Gasteiger partial charge in [-0.3, -0.25) is 9.59 Å². The number of fused-ring (bicyclic) bond motifs is 1. The lowest BCUT2D eigenvalue weighted by molar-refractivity contribution is 0.0987. The molecule has 142 valence electrons. The van der Waals surface area contributed by atoms with Gasteiger partial charge in [-0.25, -0.2) is 0 Å². The van der Waals surface area contributed by atoms with E-state index >= 15 is 0 Å². The molecule has 2 amide bonds. The van der Waals surface area contributed by atoms with Gasteiger partial charge in [0.1, 0.15) is 0 Å². The number of aryl methyl sites for hydroxylation is 1. The Morgan fingerprint density at radius 2 is 1.89 bits per heavy atom. The zero-order valence-electron chi connectivity index (χ0n) is 14.7. The minimum Gasteiger partial charge on any atom is -0.322 e. The van der Waals surface area contributed by atoms with Crippen LogP contribution in [0.1, 0.15) is 32.0 Å². The summed E-state index contributed by atoms with van der Waals surface area (Å²) in [5.74, 6) is -0.297. The summed E-state index contributed by atoms with van der Waals surface area (Å²) in [5.41, 5.74) is 2.99. The minimum absolute atomic E-state index is 0.0103. The number of benzene rings is 2. The summed E-state index contributed by atoms with van der Waals surface area (Å²) in [4.78, 5) is 27.9. The van der Waals surface area contributed by atoms with Gasteiger partial charge >= 0.3 is 0 Å². The minimum atomic E-state index is -0.287. The summed E-state index contributed by atoms with van der Waals surface area (Å²) >= 11 is 13.3. The maximum Gasteiger partial charge on any atom is 0.268 e. The number of rotatable bonds is 3. The van der Waals surface area contributed by atoms with E-state index in [1.54, 1.807) is 17.0 Å². The highest BCUT2D eigenvalue weighted by molar-refractivity contribution is 7.12. The first-order chi connectivity index (χ1) is 13.5. The molecule has 2 heterocycles. The van der Waals surface area contributed by atoms with Gasteiger partial charge in [-0.15, -0.1) is 11.3 Å². The Balaban J connectivity index is 1.60. The van der Waals surface area contributed by atoms with Crippen LogP contribution in [0.5, 0.6) is 0 Å². The number of thiophene rings is 1. The summed E-state index contributed by atoms with van der Waals surface area (Å²) in [6.45, 7) is 0.661. The summed E-state index contributed by atoms with van der Waals surface area (Å²) in [5, 5.41) is 5.49. The van der Waals surface area contributed by atoms with E-state index in [4.69, 9.17) is 23.2 Å². The van der Waals surface area contributed by atoms with Crippen LogP contribution in [0.4, 0.5) is 11.4 Å². The lowest BCUT2D eigenvalue weighted by atomic mass is 10.0. The molecule has 1 aliphatic heterocycles. The molecular weight excluding hydrogens is 415 g/mol. The van der Waals surface area contributed by atoms with Crippen molar-refractivity contribution in [3.05, 3.63) is 80.0 Å². The van der Waals surface area contributed by atoms with E-state index in [0.717, 1.165) is 24.1 Å². The number of halogens is 2. The predicted octanol–water partition coefficient (Wildman–Crippen LogP) is 5.90. The fraction of sp³-hybridized carbons (Fsp3) is 0.143. The molecule has 0 saturated carbocycles. The van der Waals surface area contributed by atoms with Gasteiger partial charge in [-0.1, -0.05) is 35.3 Å². The molecule has 0 atom stereocenters. The van der Waals surface area contributed by atoms with Crippen molar-refractivity contribution < 1.29 is 9.59 Å². The predicted molar refractivity (Wildman–Crippen MR) is 115 cm³/mol. The molecule has 0 fully saturated rings. The smallest absolute Gasteiger partial charge is 0.268 e. The first-order valence-corrected chi connectivity index (χ1v) is 10.4. The van der Waals surface area contributed by atoms with Gasteiger partial charge in [0.15, 0.2) is 0 Å². The van der Waals surface area contributed by atoms with Crippen molar-refractivity contribution >= 4 is 57.7 Å². The van der Waals surface area contributed by atoms with Gasteiger partial charge < -0.3 is 10.2 Å². The van der Waals surface area contributed by atoms with Crippen molar-refractivity contribution in [3.63, 3.8) is 0 Å². The van der Waals surface area contributed by atoms with Crippen molar-refractivity contribution in [2.45, 2.75) is 12.8 Å². The lowest BCUT2D eigenvalue weighted by Crippen LogP contribution is -2.35. The Labute approximate surface area is 176 Å². The van der Waals surface area contributed by atoms with E-state index in [0.29, 0.717) is 32.7 Å². The molecule has 1 aromatic heterocycles. The van der Waals surface area contributed by atoms with E-state index < -0.39 is 0 Å². The maximum absolute atomic E-state index is 12.9. The molecule has 28 heavy (non-hydrogen) atoms. The molecule has 0 radical (unpaired) electrons. The molecule has 0 aliphatic carbocycles. The summed E-state index contributed by atoms with van der Waals surface area (Å²) in [6, 6.07) is 14.1. The monoisotopic (exact) mass is 430 g/mol. The van der Waals surface area contributed by atoms with Crippen LogP contribution in [0.25, 0.3) is 0 Å². The second-order valence-electron chi connectivity index (χ2n) is 6.46. The number of nitrogens with one attached hydrogen (secondary N) is 1. The largest absolute Gasteiger partial charge is 0.322 e. The molecule has 0 bridgehead atoms. The number of hydrogen-bond donors (Lipinski definition) is 1. The highest BCUT2D eigenvalue weighted by Crippen LogP contribution is 2.32. The zero-order valence-corrected chi connectivity index (χ0v) is 17.1. The van der Waals surface area contributed by atoms with Crippen LogP contribution in [-0.2, 0) is 6.42 Å². The SMILES string of the molecule is O=C(Nc1ccc2c(c1)N(C(=O)c1cccs1)CCC2)c1ccc(Cl)c(Cl)c1. The number of carbonyl (C=O) groups excluding carboxylic acids is 2. The third-order valence-corrected chi connectivity index (χ3v) is 6.22. The number of nitrogens with zero attached hydrogens (tertiary/aromatic N) is 1. The summed E-state index contributed by atoms with van der Waals surface area (Å²) in [7, 11) is 0. The van der Waals surface area contributed by atoms with E-state index in [1.165, 1.54) is 17.4 Å². The number of hydrogen-bond acceptors (Lipinski definition) is 3. The highest BCUT2D eigenvalue weighted by Gasteiger charge is 2.24. The Morgan fingerprint density at radius 1 is 1.04 bits per heavy atom. The van der Waals surface area contributed by atoms with Crippen LogP contribution in [-0.4, -0.2) is 18.4 Å². The van der Waals surface area contributed by atoms with Gasteiger partial charge in [0.2, 0.25) is 0 Å². The molecule has 1 N–H and O–H groups in total. The van der Waals surface area contributed by atoms with Crippen molar-refractivity contribution in [2.75, 3.05) is 16.8 Å². The van der Waals surface area contributed by atoms with E-state index in [9.17, 15) is 9.59 Å². The van der Waals surface area contributed by atoms with E-state index in [-0.39, 0.29) is 11.8 Å². The Bertz CT molecular complexity index is 1050. The summed E-state index contributed by atoms with van der Waals surface area (Å²) < 4.78 is 0. The van der Waals surface area contributed by atoms with Crippen molar-refractivity contribution in [1.82, 2.24) is 0 Å². The normalized spacial score (nSPS) is 13.1.